The number of carboxylic acids is 1. The largest absolute Gasteiger partial charge is 0.506 e. The summed E-state index contributed by atoms with van der Waals surface area (Å²) < 4.78 is 0.214. The van der Waals surface area contributed by atoms with Gasteiger partial charge in [0, 0.05) is 12.6 Å². The average Bonchev–Trinajstić information content (AvgIpc) is 2.09. The average molecular weight is 274 g/mol. The van der Waals surface area contributed by atoms with Crippen molar-refractivity contribution in [1.29, 1.82) is 0 Å². The molecular formula is C9H8BrNO4. The van der Waals surface area contributed by atoms with E-state index in [0.717, 1.165) is 0 Å². The Morgan fingerprint density at radius 2 is 2.00 bits per heavy atom. The molecule has 0 atom stereocenters. The summed E-state index contributed by atoms with van der Waals surface area (Å²) in [6.07, 6.45) is 0. The van der Waals surface area contributed by atoms with E-state index in [9.17, 15) is 14.7 Å². The fraction of sp³-hybridized carbons (Fsp3) is 0.111. The van der Waals surface area contributed by atoms with Crippen LogP contribution in [0, 0.1) is 0 Å². The van der Waals surface area contributed by atoms with Gasteiger partial charge in [-0.05, 0) is 28.1 Å². The van der Waals surface area contributed by atoms with Gasteiger partial charge >= 0.3 is 5.97 Å². The molecule has 0 saturated carbocycles. The second-order valence-corrected chi connectivity index (χ2v) is 3.69. The van der Waals surface area contributed by atoms with Crippen LogP contribution < -0.4 is 5.32 Å². The molecule has 1 aromatic rings. The minimum absolute atomic E-state index is 0.214. The molecule has 0 bridgehead atoms. The molecular weight excluding hydrogens is 266 g/mol. The van der Waals surface area contributed by atoms with Gasteiger partial charge in [-0.1, -0.05) is 0 Å². The number of carbonyl (C=O) groups excluding carboxylic acids is 1. The summed E-state index contributed by atoms with van der Waals surface area (Å²) in [5.74, 6) is -1.94. The van der Waals surface area contributed by atoms with E-state index in [1.165, 1.54) is 19.1 Å². The van der Waals surface area contributed by atoms with Crippen molar-refractivity contribution in [3.8, 4) is 5.75 Å². The highest BCUT2D eigenvalue weighted by Crippen LogP contribution is 2.31. The monoisotopic (exact) mass is 273 g/mol. The van der Waals surface area contributed by atoms with Crippen LogP contribution in [-0.4, -0.2) is 22.1 Å². The van der Waals surface area contributed by atoms with Gasteiger partial charge in [0.15, 0.2) is 0 Å². The molecule has 1 rings (SSSR count). The first-order chi connectivity index (χ1) is 6.91. The highest BCUT2D eigenvalue weighted by Gasteiger charge is 2.14. The zero-order chi connectivity index (χ0) is 11.6. The third kappa shape index (κ3) is 2.69. The molecule has 0 unspecified atom stereocenters. The summed E-state index contributed by atoms with van der Waals surface area (Å²) in [5.41, 5.74) is 0.0395. The maximum atomic E-state index is 10.8. The van der Waals surface area contributed by atoms with Gasteiger partial charge in [-0.2, -0.15) is 0 Å². The first-order valence-electron chi connectivity index (χ1n) is 3.95. The lowest BCUT2D eigenvalue weighted by atomic mass is 10.2. The van der Waals surface area contributed by atoms with Crippen LogP contribution in [0.5, 0.6) is 5.75 Å². The third-order valence-electron chi connectivity index (χ3n) is 1.61. The second-order valence-electron chi connectivity index (χ2n) is 2.84. The van der Waals surface area contributed by atoms with Crippen LogP contribution in [-0.2, 0) is 4.79 Å². The summed E-state index contributed by atoms with van der Waals surface area (Å²) >= 11 is 2.99. The van der Waals surface area contributed by atoms with Crippen LogP contribution in [0.1, 0.15) is 17.3 Å². The zero-order valence-electron chi connectivity index (χ0n) is 7.74. The zero-order valence-corrected chi connectivity index (χ0v) is 9.33. The van der Waals surface area contributed by atoms with Crippen molar-refractivity contribution in [2.75, 3.05) is 5.32 Å². The van der Waals surface area contributed by atoms with Crippen molar-refractivity contribution >= 4 is 33.5 Å². The van der Waals surface area contributed by atoms with Crippen molar-refractivity contribution in [3.05, 3.63) is 22.2 Å². The quantitative estimate of drug-likeness (QED) is 0.718. The molecule has 0 spiro atoms. The molecule has 0 saturated heterocycles. The van der Waals surface area contributed by atoms with E-state index in [0.29, 0.717) is 5.69 Å². The summed E-state index contributed by atoms with van der Waals surface area (Å²) in [6, 6.07) is 2.60. The molecule has 3 N–H and O–H groups in total. The number of phenols is 1. The number of hydrogen-bond donors (Lipinski definition) is 3. The standard InChI is InChI=1S/C9H8BrNO4/c1-4(12)11-5-2-6(9(14)15)8(13)7(10)3-5/h2-3,13H,1H3,(H,11,12)(H,14,15). The van der Waals surface area contributed by atoms with Crippen molar-refractivity contribution in [2.24, 2.45) is 0 Å². The number of hydrogen-bond acceptors (Lipinski definition) is 3. The molecule has 0 heterocycles. The predicted molar refractivity (Wildman–Crippen MR) is 57.1 cm³/mol. The van der Waals surface area contributed by atoms with Crippen LogP contribution in [0.15, 0.2) is 16.6 Å². The van der Waals surface area contributed by atoms with Crippen LogP contribution in [0.25, 0.3) is 0 Å². The number of nitrogens with one attached hydrogen (secondary N) is 1. The minimum atomic E-state index is -1.26. The molecule has 0 aliphatic carbocycles. The number of amides is 1. The molecule has 5 nitrogen and oxygen atoms in total. The molecule has 0 fully saturated rings. The van der Waals surface area contributed by atoms with Crippen LogP contribution >= 0.6 is 15.9 Å². The van der Waals surface area contributed by atoms with Crippen LogP contribution in [0.2, 0.25) is 0 Å². The van der Waals surface area contributed by atoms with Gasteiger partial charge in [0.1, 0.15) is 11.3 Å². The lowest BCUT2D eigenvalue weighted by Gasteiger charge is -2.07. The van der Waals surface area contributed by atoms with Gasteiger partial charge in [0.05, 0.1) is 4.47 Å². The lowest BCUT2D eigenvalue weighted by molar-refractivity contribution is -0.114. The predicted octanol–water partition coefficient (Wildman–Crippen LogP) is 1.81. The Kier molecular flexibility index (Phi) is 3.31. The Labute approximate surface area is 93.9 Å². The summed E-state index contributed by atoms with van der Waals surface area (Å²) in [5, 5.41) is 20.6. The van der Waals surface area contributed by atoms with Crippen molar-refractivity contribution in [3.63, 3.8) is 0 Å². The van der Waals surface area contributed by atoms with Gasteiger partial charge in [-0.25, -0.2) is 4.79 Å². The van der Waals surface area contributed by atoms with Gasteiger partial charge in [0.25, 0.3) is 0 Å². The molecule has 80 valence electrons. The first kappa shape index (κ1) is 11.5. The number of benzene rings is 1. The Hall–Kier alpha value is -1.56. The van der Waals surface area contributed by atoms with E-state index < -0.39 is 5.97 Å². The Morgan fingerprint density at radius 1 is 1.40 bits per heavy atom. The van der Waals surface area contributed by atoms with Crippen LogP contribution in [0.4, 0.5) is 5.69 Å². The van der Waals surface area contributed by atoms with E-state index in [1.54, 1.807) is 0 Å². The number of carbonyl (C=O) groups is 2. The number of halogens is 1. The van der Waals surface area contributed by atoms with Crippen molar-refractivity contribution < 1.29 is 19.8 Å². The summed E-state index contributed by atoms with van der Waals surface area (Å²) in [6.45, 7) is 1.31. The topological polar surface area (TPSA) is 86.6 Å². The number of aromatic hydroxyl groups is 1. The second kappa shape index (κ2) is 4.31. The Morgan fingerprint density at radius 3 is 2.47 bits per heavy atom. The lowest BCUT2D eigenvalue weighted by Crippen LogP contribution is -2.07. The van der Waals surface area contributed by atoms with Gasteiger partial charge in [-0.15, -0.1) is 0 Å². The number of rotatable bonds is 2. The molecule has 0 radical (unpaired) electrons. The first-order valence-corrected chi connectivity index (χ1v) is 4.74. The highest BCUT2D eigenvalue weighted by molar-refractivity contribution is 9.10. The van der Waals surface area contributed by atoms with Crippen LogP contribution in [0.3, 0.4) is 0 Å². The fourth-order valence-corrected chi connectivity index (χ4v) is 1.50. The highest BCUT2D eigenvalue weighted by atomic mass is 79.9. The molecule has 6 heteroatoms. The van der Waals surface area contributed by atoms with E-state index >= 15 is 0 Å². The smallest absolute Gasteiger partial charge is 0.339 e. The van der Waals surface area contributed by atoms with Crippen molar-refractivity contribution in [2.45, 2.75) is 6.92 Å². The Bertz CT molecular complexity index is 430. The van der Waals surface area contributed by atoms with Gasteiger partial charge in [0.2, 0.25) is 5.91 Å². The third-order valence-corrected chi connectivity index (χ3v) is 2.22. The summed E-state index contributed by atoms with van der Waals surface area (Å²) in [7, 11) is 0. The van der Waals surface area contributed by atoms with E-state index in [2.05, 4.69) is 21.2 Å². The summed E-state index contributed by atoms with van der Waals surface area (Å²) in [4.78, 5) is 21.5. The molecule has 15 heavy (non-hydrogen) atoms. The molecule has 1 aromatic carbocycles. The minimum Gasteiger partial charge on any atom is -0.506 e. The molecule has 1 amide bonds. The maximum absolute atomic E-state index is 10.8. The number of carboxylic acid groups (broad SMARTS) is 1. The van der Waals surface area contributed by atoms with Gasteiger partial charge < -0.3 is 15.5 Å². The molecule has 0 aliphatic rings. The normalized spacial score (nSPS) is 9.73. The Balaban J connectivity index is 3.23. The number of anilines is 1. The fourth-order valence-electron chi connectivity index (χ4n) is 1.04. The van der Waals surface area contributed by atoms with Gasteiger partial charge in [-0.3, -0.25) is 4.79 Å². The molecule has 0 aromatic heterocycles. The number of aromatic carboxylic acids is 1. The van der Waals surface area contributed by atoms with E-state index in [1.807, 2.05) is 0 Å². The SMILES string of the molecule is CC(=O)Nc1cc(Br)c(O)c(C(=O)O)c1. The van der Waals surface area contributed by atoms with Crippen molar-refractivity contribution in [1.82, 2.24) is 0 Å². The maximum Gasteiger partial charge on any atom is 0.339 e. The molecule has 0 aliphatic heterocycles. The van der Waals surface area contributed by atoms with E-state index in [-0.39, 0.29) is 21.7 Å². The van der Waals surface area contributed by atoms with E-state index in [4.69, 9.17) is 5.11 Å².